The molecular weight excluding hydrogens is 348 g/mol. The molecule has 1 aliphatic heterocycles. The number of hydrogen-bond donors (Lipinski definition) is 1. The van der Waals surface area contributed by atoms with Crippen molar-refractivity contribution in [3.05, 3.63) is 59.2 Å². The van der Waals surface area contributed by atoms with E-state index in [2.05, 4.69) is 47.5 Å². The zero-order chi connectivity index (χ0) is 20.1. The molecule has 0 spiro atoms. The van der Waals surface area contributed by atoms with E-state index in [1.54, 1.807) is 0 Å². The Kier molecular flexibility index (Phi) is 6.61. The maximum atomic E-state index is 12.3. The lowest BCUT2D eigenvalue weighted by Crippen LogP contribution is -2.34. The molecule has 0 aliphatic carbocycles. The second-order valence-electron chi connectivity index (χ2n) is 8.19. The fourth-order valence-corrected chi connectivity index (χ4v) is 3.93. The number of nitrogens with one attached hydrogen (secondary N) is 1. The van der Waals surface area contributed by atoms with Gasteiger partial charge >= 0.3 is 0 Å². The van der Waals surface area contributed by atoms with E-state index in [0.717, 1.165) is 41.4 Å². The van der Waals surface area contributed by atoms with Crippen LogP contribution in [-0.2, 0) is 4.79 Å². The van der Waals surface area contributed by atoms with Crippen LogP contribution in [0.25, 0.3) is 0 Å². The molecule has 1 heterocycles. The molecular formula is C24H32N2O2. The Morgan fingerprint density at radius 2 is 1.86 bits per heavy atom. The standard InChI is InChI=1S/C24H32N2O2/c1-17-6-5-11-26(15-17)22-9-7-21(8-10-22)20(4)25-24(27)16-28-23-13-18(2)12-19(3)14-23/h7-10,12-14,17,20H,5-6,11,15-16H2,1-4H3,(H,25,27)/t17-,20+/m1/s1. The van der Waals surface area contributed by atoms with Crippen LogP contribution in [0.4, 0.5) is 5.69 Å². The van der Waals surface area contributed by atoms with Gasteiger partial charge in [0.1, 0.15) is 5.75 Å². The number of benzene rings is 2. The van der Waals surface area contributed by atoms with Crippen molar-refractivity contribution in [2.45, 2.75) is 46.6 Å². The molecule has 150 valence electrons. The third-order valence-electron chi connectivity index (χ3n) is 5.36. The molecule has 2 atom stereocenters. The fourth-order valence-electron chi connectivity index (χ4n) is 3.93. The number of piperidine rings is 1. The zero-order valence-corrected chi connectivity index (χ0v) is 17.5. The van der Waals surface area contributed by atoms with E-state index in [1.165, 1.54) is 18.5 Å². The summed E-state index contributed by atoms with van der Waals surface area (Å²) in [5, 5.41) is 3.02. The van der Waals surface area contributed by atoms with Crippen molar-refractivity contribution in [3.8, 4) is 5.75 Å². The van der Waals surface area contributed by atoms with E-state index in [4.69, 9.17) is 4.74 Å². The Hall–Kier alpha value is -2.49. The molecule has 0 bridgehead atoms. The smallest absolute Gasteiger partial charge is 0.258 e. The summed E-state index contributed by atoms with van der Waals surface area (Å²) in [7, 11) is 0. The monoisotopic (exact) mass is 380 g/mol. The van der Waals surface area contributed by atoms with Gasteiger partial charge in [-0.1, -0.05) is 25.1 Å². The second kappa shape index (κ2) is 9.13. The van der Waals surface area contributed by atoms with Gasteiger partial charge in [-0.25, -0.2) is 0 Å². The highest BCUT2D eigenvalue weighted by molar-refractivity contribution is 5.78. The molecule has 1 amide bonds. The van der Waals surface area contributed by atoms with Crippen LogP contribution in [0, 0.1) is 19.8 Å². The van der Waals surface area contributed by atoms with E-state index in [0.29, 0.717) is 0 Å². The zero-order valence-electron chi connectivity index (χ0n) is 17.5. The number of carbonyl (C=O) groups excluding carboxylic acids is 1. The molecule has 1 aliphatic rings. The maximum Gasteiger partial charge on any atom is 0.258 e. The average molecular weight is 381 g/mol. The van der Waals surface area contributed by atoms with Gasteiger partial charge in [0.25, 0.3) is 5.91 Å². The van der Waals surface area contributed by atoms with Crippen molar-refractivity contribution >= 4 is 11.6 Å². The summed E-state index contributed by atoms with van der Waals surface area (Å²) in [6.07, 6.45) is 2.58. The highest BCUT2D eigenvalue weighted by atomic mass is 16.5. The summed E-state index contributed by atoms with van der Waals surface area (Å²) in [4.78, 5) is 14.7. The first-order chi connectivity index (χ1) is 13.4. The summed E-state index contributed by atoms with van der Waals surface area (Å²) in [6, 6.07) is 14.5. The van der Waals surface area contributed by atoms with Crippen molar-refractivity contribution in [1.82, 2.24) is 5.32 Å². The van der Waals surface area contributed by atoms with Crippen LogP contribution in [0.1, 0.15) is 49.4 Å². The number of aryl methyl sites for hydroxylation is 2. The molecule has 3 rings (SSSR count). The Balaban J connectivity index is 1.52. The van der Waals surface area contributed by atoms with Gasteiger partial charge in [-0.05, 0) is 80.5 Å². The van der Waals surface area contributed by atoms with Crippen molar-refractivity contribution < 1.29 is 9.53 Å². The van der Waals surface area contributed by atoms with Crippen LogP contribution in [0.2, 0.25) is 0 Å². The van der Waals surface area contributed by atoms with Gasteiger partial charge in [0.15, 0.2) is 6.61 Å². The number of rotatable bonds is 6. The van der Waals surface area contributed by atoms with Gasteiger partial charge < -0.3 is 15.0 Å². The van der Waals surface area contributed by atoms with Crippen LogP contribution in [0.15, 0.2) is 42.5 Å². The lowest BCUT2D eigenvalue weighted by atomic mass is 9.99. The van der Waals surface area contributed by atoms with Crippen molar-refractivity contribution in [1.29, 1.82) is 0 Å². The third kappa shape index (κ3) is 5.51. The lowest BCUT2D eigenvalue weighted by Gasteiger charge is -2.33. The highest BCUT2D eigenvalue weighted by Crippen LogP contribution is 2.24. The fraction of sp³-hybridized carbons (Fsp3) is 0.458. The summed E-state index contributed by atoms with van der Waals surface area (Å²) in [6.45, 7) is 10.7. The molecule has 1 saturated heterocycles. The Morgan fingerprint density at radius 1 is 1.18 bits per heavy atom. The summed E-state index contributed by atoms with van der Waals surface area (Å²) in [5.41, 5.74) is 4.64. The van der Waals surface area contributed by atoms with Gasteiger partial charge in [-0.2, -0.15) is 0 Å². The normalized spacial score (nSPS) is 17.9. The molecule has 2 aromatic rings. The Bertz CT molecular complexity index is 781. The van der Waals surface area contributed by atoms with Crippen molar-refractivity contribution in [2.24, 2.45) is 5.92 Å². The number of hydrogen-bond acceptors (Lipinski definition) is 3. The van der Waals surface area contributed by atoms with E-state index in [1.807, 2.05) is 32.9 Å². The SMILES string of the molecule is Cc1cc(C)cc(OCC(=O)N[C@@H](C)c2ccc(N3CCC[C@@H](C)C3)cc2)c1. The predicted octanol–water partition coefficient (Wildman–Crippen LogP) is 4.80. The molecule has 2 aromatic carbocycles. The van der Waals surface area contributed by atoms with Crippen LogP contribution in [-0.4, -0.2) is 25.6 Å². The maximum absolute atomic E-state index is 12.3. The molecule has 1 N–H and O–H groups in total. The second-order valence-corrected chi connectivity index (χ2v) is 8.19. The quantitative estimate of drug-likeness (QED) is 0.783. The Morgan fingerprint density at radius 3 is 2.50 bits per heavy atom. The summed E-state index contributed by atoms with van der Waals surface area (Å²) in [5.74, 6) is 1.38. The first-order valence-corrected chi connectivity index (χ1v) is 10.3. The van der Waals surface area contributed by atoms with Crippen LogP contribution in [0.5, 0.6) is 5.75 Å². The number of ether oxygens (including phenoxy) is 1. The first kappa shape index (κ1) is 20.2. The molecule has 1 fully saturated rings. The Labute approximate surface area is 168 Å². The van der Waals surface area contributed by atoms with Crippen LogP contribution in [0.3, 0.4) is 0 Å². The molecule has 4 nitrogen and oxygen atoms in total. The van der Waals surface area contributed by atoms with Gasteiger partial charge in [-0.15, -0.1) is 0 Å². The van der Waals surface area contributed by atoms with Crippen LogP contribution >= 0.6 is 0 Å². The molecule has 4 heteroatoms. The van der Waals surface area contributed by atoms with E-state index >= 15 is 0 Å². The van der Waals surface area contributed by atoms with Crippen molar-refractivity contribution in [3.63, 3.8) is 0 Å². The largest absolute Gasteiger partial charge is 0.484 e. The number of nitrogens with zero attached hydrogens (tertiary/aromatic N) is 1. The third-order valence-corrected chi connectivity index (χ3v) is 5.36. The molecule has 28 heavy (non-hydrogen) atoms. The number of amides is 1. The van der Waals surface area contributed by atoms with Gasteiger partial charge in [-0.3, -0.25) is 4.79 Å². The predicted molar refractivity (Wildman–Crippen MR) is 115 cm³/mol. The van der Waals surface area contributed by atoms with Gasteiger partial charge in [0.2, 0.25) is 0 Å². The highest BCUT2D eigenvalue weighted by Gasteiger charge is 2.17. The lowest BCUT2D eigenvalue weighted by molar-refractivity contribution is -0.123. The topological polar surface area (TPSA) is 41.6 Å². The van der Waals surface area contributed by atoms with Gasteiger partial charge in [0.05, 0.1) is 6.04 Å². The summed E-state index contributed by atoms with van der Waals surface area (Å²) >= 11 is 0. The van der Waals surface area contributed by atoms with Crippen LogP contribution < -0.4 is 15.0 Å². The van der Waals surface area contributed by atoms with E-state index in [-0.39, 0.29) is 18.6 Å². The molecule has 0 radical (unpaired) electrons. The summed E-state index contributed by atoms with van der Waals surface area (Å²) < 4.78 is 5.66. The average Bonchev–Trinajstić information content (AvgIpc) is 2.66. The van der Waals surface area contributed by atoms with Gasteiger partial charge in [0, 0.05) is 18.8 Å². The molecule has 0 unspecified atom stereocenters. The number of carbonyl (C=O) groups is 1. The minimum absolute atomic E-state index is 0.0248. The van der Waals surface area contributed by atoms with E-state index in [9.17, 15) is 4.79 Å². The molecule has 0 saturated carbocycles. The first-order valence-electron chi connectivity index (χ1n) is 10.3. The molecule has 0 aromatic heterocycles. The number of anilines is 1. The van der Waals surface area contributed by atoms with E-state index < -0.39 is 0 Å². The minimum atomic E-state index is -0.111. The minimum Gasteiger partial charge on any atom is -0.484 e. The van der Waals surface area contributed by atoms with Crippen molar-refractivity contribution in [2.75, 3.05) is 24.6 Å².